The van der Waals surface area contributed by atoms with Crippen molar-refractivity contribution in [1.29, 1.82) is 0 Å². The molecule has 0 aliphatic rings. The van der Waals surface area contributed by atoms with Crippen LogP contribution in [0.5, 0.6) is 0 Å². The number of rotatable bonds is 4. The minimum atomic E-state index is -1.48. The van der Waals surface area contributed by atoms with Crippen LogP contribution in [0.25, 0.3) is 72.3 Å². The van der Waals surface area contributed by atoms with Gasteiger partial charge < -0.3 is 14.0 Å². The van der Waals surface area contributed by atoms with E-state index in [1.54, 1.807) is 6.20 Å². The average molecular weight is 830 g/mol. The third kappa shape index (κ3) is 6.11. The first kappa shape index (κ1) is 32.3. The third-order valence-electron chi connectivity index (χ3n) is 8.45. The maximum Gasteiger partial charge on any atom is 0.178 e. The van der Waals surface area contributed by atoms with E-state index in [4.69, 9.17) is 9.40 Å². The summed E-state index contributed by atoms with van der Waals surface area (Å²) in [5, 5.41) is 13.6. The largest absolute Gasteiger partial charge is 0.501 e. The number of aromatic nitrogens is 5. The second-order valence-corrected chi connectivity index (χ2v) is 17.7. The van der Waals surface area contributed by atoms with Gasteiger partial charge in [-0.2, -0.15) is 0 Å². The Morgan fingerprint density at radius 3 is 2.27 bits per heavy atom. The summed E-state index contributed by atoms with van der Waals surface area (Å²) in [5.41, 5.74) is 7.80. The SMILES string of the molecule is C[Si](C)(C)c1ccc2c(c1)oc1c(-c3nc4c5ccccc5nnc4n3-c3ccccc3)[c-]ccc12.[Ir].[c-]1ccccc1-c1ccccn1. The van der Waals surface area contributed by atoms with Crippen LogP contribution in [0.3, 0.4) is 0 Å². The Labute approximate surface area is 298 Å². The summed E-state index contributed by atoms with van der Waals surface area (Å²) in [7, 11) is -1.48. The van der Waals surface area contributed by atoms with Gasteiger partial charge >= 0.3 is 0 Å². The van der Waals surface area contributed by atoms with E-state index < -0.39 is 8.07 Å². The summed E-state index contributed by atoms with van der Waals surface area (Å²) < 4.78 is 8.61. The number of nitrogens with zero attached hydrogens (tertiary/aromatic N) is 5. The molecule has 0 N–H and O–H groups in total. The van der Waals surface area contributed by atoms with Crippen LogP contribution in [0.4, 0.5) is 0 Å². The predicted octanol–water partition coefficient (Wildman–Crippen LogP) is 9.43. The van der Waals surface area contributed by atoms with E-state index >= 15 is 0 Å². The van der Waals surface area contributed by atoms with E-state index in [0.29, 0.717) is 5.65 Å². The van der Waals surface area contributed by atoms with Crippen molar-refractivity contribution >= 4 is 57.3 Å². The molecule has 0 bridgehead atoms. The van der Waals surface area contributed by atoms with Crippen LogP contribution in [-0.2, 0) is 20.1 Å². The third-order valence-corrected chi connectivity index (χ3v) is 10.5. The molecule has 0 atom stereocenters. The number of imidazole rings is 1. The Hall–Kier alpha value is -5.27. The van der Waals surface area contributed by atoms with Crippen molar-refractivity contribution in [1.82, 2.24) is 24.7 Å². The predicted molar refractivity (Wildman–Crippen MR) is 197 cm³/mol. The fourth-order valence-electron chi connectivity index (χ4n) is 5.99. The van der Waals surface area contributed by atoms with Gasteiger partial charge in [0.2, 0.25) is 0 Å². The van der Waals surface area contributed by atoms with Gasteiger partial charge in [0.25, 0.3) is 0 Å². The van der Waals surface area contributed by atoms with E-state index in [1.807, 2.05) is 91.0 Å². The van der Waals surface area contributed by atoms with Crippen LogP contribution in [0, 0.1) is 12.1 Å². The summed E-state index contributed by atoms with van der Waals surface area (Å²) in [6.07, 6.45) is 1.79. The van der Waals surface area contributed by atoms with E-state index in [2.05, 4.69) is 87.9 Å². The molecule has 8 heteroatoms. The van der Waals surface area contributed by atoms with Gasteiger partial charge in [-0.1, -0.05) is 96.4 Å². The molecule has 9 aromatic rings. The zero-order valence-electron chi connectivity index (χ0n) is 27.2. The number of benzene rings is 5. The molecule has 9 rings (SSSR count). The maximum atomic E-state index is 6.55. The second kappa shape index (κ2) is 13.3. The molecule has 6 nitrogen and oxygen atoms in total. The standard InChI is InChI=1S/C30H23N4OSi.C11H8N.Ir/c1-36(2,3)20-16-17-21-22-13-9-14-24(28(22)35-26(21)18-20)29-31-27-23-12-7-8-15-25(23)32-33-30(27)34(29)19-10-5-4-6-11-19;1-2-6-10(7-3-1)11-8-4-5-9-12-11;/h4-13,15-18H,1-3H3;1-6,8-9H;/q2*-1;. The van der Waals surface area contributed by atoms with Gasteiger partial charge in [0, 0.05) is 42.8 Å². The zero-order valence-corrected chi connectivity index (χ0v) is 30.6. The summed E-state index contributed by atoms with van der Waals surface area (Å²) in [6, 6.07) is 49.1. The van der Waals surface area contributed by atoms with Gasteiger partial charge in [-0.3, -0.25) is 4.98 Å². The smallest absolute Gasteiger partial charge is 0.178 e. The number of furan rings is 1. The Morgan fingerprint density at radius 2 is 1.49 bits per heavy atom. The molecule has 241 valence electrons. The van der Waals surface area contributed by atoms with Crippen LogP contribution in [0.2, 0.25) is 19.6 Å². The van der Waals surface area contributed by atoms with Crippen LogP contribution >= 0.6 is 0 Å². The summed E-state index contributed by atoms with van der Waals surface area (Å²) >= 11 is 0. The van der Waals surface area contributed by atoms with Crippen molar-refractivity contribution in [2.45, 2.75) is 19.6 Å². The summed E-state index contributed by atoms with van der Waals surface area (Å²) in [5.74, 6) is 0.733. The van der Waals surface area contributed by atoms with E-state index in [0.717, 1.165) is 66.7 Å². The average Bonchev–Trinajstić information content (AvgIpc) is 3.71. The van der Waals surface area contributed by atoms with Gasteiger partial charge in [-0.15, -0.1) is 64.3 Å². The van der Waals surface area contributed by atoms with Gasteiger partial charge in [0.1, 0.15) is 11.1 Å². The molecular formula is C41H31IrN5OSi-2. The van der Waals surface area contributed by atoms with Crippen molar-refractivity contribution in [3.05, 3.63) is 146 Å². The van der Waals surface area contributed by atoms with Crippen LogP contribution in [-0.4, -0.2) is 32.8 Å². The van der Waals surface area contributed by atoms with Crippen LogP contribution in [0.15, 0.2) is 138 Å². The van der Waals surface area contributed by atoms with Gasteiger partial charge in [0.05, 0.1) is 25.0 Å². The minimum Gasteiger partial charge on any atom is -0.501 e. The Morgan fingerprint density at radius 1 is 0.694 bits per heavy atom. The molecule has 0 fully saturated rings. The first-order valence-corrected chi connectivity index (χ1v) is 19.4. The van der Waals surface area contributed by atoms with Crippen LogP contribution < -0.4 is 5.19 Å². The van der Waals surface area contributed by atoms with Gasteiger partial charge in [-0.25, -0.2) is 0 Å². The maximum absolute atomic E-state index is 6.55. The summed E-state index contributed by atoms with van der Waals surface area (Å²) in [4.78, 5) is 9.36. The molecule has 0 spiro atoms. The fourth-order valence-corrected chi connectivity index (χ4v) is 7.13. The molecule has 4 heterocycles. The molecule has 0 unspecified atom stereocenters. The Balaban J connectivity index is 0.000000246. The van der Waals surface area contributed by atoms with Crippen molar-refractivity contribution < 1.29 is 24.5 Å². The molecule has 0 amide bonds. The topological polar surface area (TPSA) is 69.6 Å². The number of pyridine rings is 1. The summed E-state index contributed by atoms with van der Waals surface area (Å²) in [6.45, 7) is 7.05. The van der Waals surface area contributed by atoms with Crippen molar-refractivity contribution in [3.63, 3.8) is 0 Å². The first-order valence-electron chi connectivity index (χ1n) is 15.9. The van der Waals surface area contributed by atoms with E-state index in [1.165, 1.54) is 5.19 Å². The van der Waals surface area contributed by atoms with Gasteiger partial charge in [-0.05, 0) is 36.0 Å². The Bertz CT molecular complexity index is 2510. The molecule has 5 aromatic carbocycles. The van der Waals surface area contributed by atoms with Crippen molar-refractivity contribution in [2.24, 2.45) is 0 Å². The van der Waals surface area contributed by atoms with Crippen molar-refractivity contribution in [3.8, 4) is 28.3 Å². The van der Waals surface area contributed by atoms with E-state index in [-0.39, 0.29) is 20.1 Å². The first-order chi connectivity index (χ1) is 23.5. The minimum absolute atomic E-state index is 0. The van der Waals surface area contributed by atoms with Crippen molar-refractivity contribution in [2.75, 3.05) is 0 Å². The molecule has 0 saturated carbocycles. The monoisotopic (exact) mass is 830 g/mol. The molecular weight excluding hydrogens is 799 g/mol. The molecule has 0 saturated heterocycles. The molecule has 0 aliphatic carbocycles. The number of hydrogen-bond acceptors (Lipinski definition) is 5. The quantitative estimate of drug-likeness (QED) is 0.131. The number of hydrogen-bond donors (Lipinski definition) is 0. The number of para-hydroxylation sites is 1. The zero-order chi connectivity index (χ0) is 32.7. The van der Waals surface area contributed by atoms with E-state index in [9.17, 15) is 0 Å². The Kier molecular flexibility index (Phi) is 8.78. The second-order valence-electron chi connectivity index (χ2n) is 12.6. The molecule has 49 heavy (non-hydrogen) atoms. The van der Waals surface area contributed by atoms with Gasteiger partial charge in [0.15, 0.2) is 5.65 Å². The normalized spacial score (nSPS) is 11.4. The molecule has 4 aromatic heterocycles. The van der Waals surface area contributed by atoms with Crippen LogP contribution in [0.1, 0.15) is 0 Å². The molecule has 0 aliphatic heterocycles. The fraction of sp³-hybridized carbons (Fsp3) is 0.0732. The number of fused-ring (bicyclic) bond motifs is 6. The molecule has 1 radical (unpaired) electrons.